The normalized spacial score (nSPS) is 21.0. The van der Waals surface area contributed by atoms with Crippen LogP contribution in [0.1, 0.15) is 43.0 Å². The maximum Gasteiger partial charge on any atom is 0.229 e. The molecule has 5 nitrogen and oxygen atoms in total. The lowest BCUT2D eigenvalue weighted by atomic mass is 10.0. The van der Waals surface area contributed by atoms with Gasteiger partial charge in [0.1, 0.15) is 5.00 Å². The fourth-order valence-electron chi connectivity index (χ4n) is 3.20. The number of carbonyl (C=O) groups excluding carboxylic acids is 1. The van der Waals surface area contributed by atoms with Crippen LogP contribution in [-0.2, 0) is 26.5 Å². The Bertz CT molecular complexity index is 905. The average molecular weight is 433 g/mol. The summed E-state index contributed by atoms with van der Waals surface area (Å²) in [5.41, 5.74) is 5.35. The number of rotatable bonds is 8. The van der Waals surface area contributed by atoms with Crippen LogP contribution in [0.2, 0.25) is 5.02 Å². The van der Waals surface area contributed by atoms with Gasteiger partial charge in [0.25, 0.3) is 0 Å². The summed E-state index contributed by atoms with van der Waals surface area (Å²) in [6.07, 6.45) is 5.18. The Morgan fingerprint density at radius 3 is 2.90 bits per heavy atom. The zero-order chi connectivity index (χ0) is 20.9. The summed E-state index contributed by atoms with van der Waals surface area (Å²) < 4.78 is 16.2. The predicted molar refractivity (Wildman–Crippen MR) is 116 cm³/mol. The van der Waals surface area contributed by atoms with Gasteiger partial charge in [-0.2, -0.15) is 4.37 Å². The predicted octanol–water partition coefficient (Wildman–Crippen LogP) is 5.39. The Morgan fingerprint density at radius 1 is 1.48 bits per heavy atom. The van der Waals surface area contributed by atoms with Crippen molar-refractivity contribution in [2.75, 3.05) is 11.9 Å². The molecule has 1 N–H and O–H groups in total. The van der Waals surface area contributed by atoms with E-state index in [2.05, 4.69) is 22.0 Å². The topological polar surface area (TPSA) is 60.5 Å². The van der Waals surface area contributed by atoms with E-state index in [0.29, 0.717) is 16.6 Å². The number of carbonyl (C=O) groups is 1. The molecular formula is C22H25ClN2O3S. The molecule has 29 heavy (non-hydrogen) atoms. The zero-order valence-corrected chi connectivity index (χ0v) is 18.2. The molecule has 154 valence electrons. The first-order valence-corrected chi connectivity index (χ1v) is 10.7. The molecule has 2 heterocycles. The number of aromatic nitrogens is 1. The summed E-state index contributed by atoms with van der Waals surface area (Å²) in [4.78, 5) is 12.3. The second kappa shape index (κ2) is 9.70. The minimum Gasteiger partial charge on any atom is -0.343 e. The van der Waals surface area contributed by atoms with E-state index in [4.69, 9.17) is 21.1 Å². The van der Waals surface area contributed by atoms with Crippen LogP contribution in [0.25, 0.3) is 0 Å². The number of hydrogen-bond acceptors (Lipinski definition) is 5. The Balaban J connectivity index is 1.55. The van der Waals surface area contributed by atoms with Crippen molar-refractivity contribution in [2.45, 2.75) is 51.4 Å². The van der Waals surface area contributed by atoms with Crippen LogP contribution in [0.15, 0.2) is 42.7 Å². The number of nitrogens with zero attached hydrogens (tertiary/aromatic N) is 1. The molecule has 0 aliphatic carbocycles. The van der Waals surface area contributed by atoms with E-state index < -0.39 is 5.79 Å². The van der Waals surface area contributed by atoms with Crippen LogP contribution in [0.5, 0.6) is 0 Å². The lowest BCUT2D eigenvalue weighted by molar-refractivity contribution is -0.162. The fourth-order valence-corrected chi connectivity index (χ4v) is 4.15. The standard InChI is InChI=1S/C22H25ClN2O3S/c1-4-5-6-7-8-18-14-27-22(3,28-18)17-11-9-16(10-12-17)13-19(26)24-21-20(23)15(2)25-29-21/h5,9-12,18H,1,6-8,13-14H2,2-3H3,(H,24,26). The van der Waals surface area contributed by atoms with E-state index in [9.17, 15) is 4.79 Å². The zero-order valence-electron chi connectivity index (χ0n) is 16.7. The summed E-state index contributed by atoms with van der Waals surface area (Å²) >= 11 is 7.31. The number of unbranched alkanes of at least 4 members (excludes halogenated alkanes) is 1. The second-order valence-corrected chi connectivity index (χ2v) is 8.32. The highest BCUT2D eigenvalue weighted by Crippen LogP contribution is 2.35. The van der Waals surface area contributed by atoms with Crippen molar-refractivity contribution in [3.63, 3.8) is 0 Å². The summed E-state index contributed by atoms with van der Waals surface area (Å²) in [5, 5.41) is 3.90. The van der Waals surface area contributed by atoms with E-state index in [1.807, 2.05) is 44.2 Å². The minimum atomic E-state index is -0.757. The van der Waals surface area contributed by atoms with Gasteiger partial charge >= 0.3 is 0 Å². The lowest BCUT2D eigenvalue weighted by Gasteiger charge is -2.24. The number of amides is 1. The molecule has 0 spiro atoms. The quantitative estimate of drug-likeness (QED) is 0.449. The number of aryl methyl sites for hydroxylation is 1. The third-order valence-corrected chi connectivity index (χ3v) is 6.27. The molecule has 1 aliphatic rings. The first kappa shape index (κ1) is 21.8. The van der Waals surface area contributed by atoms with Gasteiger partial charge in [0.05, 0.1) is 29.8 Å². The summed E-state index contributed by atoms with van der Waals surface area (Å²) in [5.74, 6) is -0.885. The SMILES string of the molecule is C=C=CCCCC1COC(C)(c2ccc(CC(=O)Nc3snc(C)c3Cl)cc2)O1. The van der Waals surface area contributed by atoms with Gasteiger partial charge in [-0.25, -0.2) is 0 Å². The van der Waals surface area contributed by atoms with Gasteiger partial charge in [-0.15, -0.1) is 5.73 Å². The van der Waals surface area contributed by atoms with Crippen molar-refractivity contribution in [1.29, 1.82) is 0 Å². The van der Waals surface area contributed by atoms with E-state index in [-0.39, 0.29) is 18.4 Å². The number of nitrogens with one attached hydrogen (secondary N) is 1. The molecule has 2 unspecified atom stereocenters. The molecule has 3 rings (SSSR count). The highest BCUT2D eigenvalue weighted by Gasteiger charge is 2.38. The van der Waals surface area contributed by atoms with E-state index in [0.717, 1.165) is 36.1 Å². The summed E-state index contributed by atoms with van der Waals surface area (Å²) in [6.45, 7) is 7.90. The second-order valence-electron chi connectivity index (χ2n) is 7.17. The average Bonchev–Trinajstić information content (AvgIpc) is 3.24. The van der Waals surface area contributed by atoms with Gasteiger partial charge in [-0.05, 0) is 56.3 Å². The molecule has 0 saturated carbocycles. The molecule has 1 aromatic carbocycles. The Labute approximate surface area is 180 Å². The van der Waals surface area contributed by atoms with Gasteiger partial charge in [0, 0.05) is 5.56 Å². The van der Waals surface area contributed by atoms with Crippen LogP contribution in [0.4, 0.5) is 5.00 Å². The van der Waals surface area contributed by atoms with Gasteiger partial charge in [-0.3, -0.25) is 4.79 Å². The Morgan fingerprint density at radius 2 is 2.24 bits per heavy atom. The van der Waals surface area contributed by atoms with E-state index in [1.165, 1.54) is 11.5 Å². The van der Waals surface area contributed by atoms with Crippen molar-refractivity contribution in [1.82, 2.24) is 4.37 Å². The minimum absolute atomic E-state index is 0.0799. The molecule has 7 heteroatoms. The lowest BCUT2D eigenvalue weighted by Crippen LogP contribution is -2.24. The first-order valence-electron chi connectivity index (χ1n) is 9.58. The van der Waals surface area contributed by atoms with Gasteiger partial charge in [-0.1, -0.05) is 42.4 Å². The molecular weight excluding hydrogens is 408 g/mol. The molecule has 1 fully saturated rings. The van der Waals surface area contributed by atoms with E-state index >= 15 is 0 Å². The molecule has 0 radical (unpaired) electrons. The molecule has 1 saturated heterocycles. The monoisotopic (exact) mass is 432 g/mol. The van der Waals surface area contributed by atoms with E-state index in [1.54, 1.807) is 0 Å². The largest absolute Gasteiger partial charge is 0.343 e. The molecule has 0 bridgehead atoms. The first-order chi connectivity index (χ1) is 13.9. The van der Waals surface area contributed by atoms with Crippen molar-refractivity contribution < 1.29 is 14.3 Å². The fraction of sp³-hybridized carbons (Fsp3) is 0.409. The third kappa shape index (κ3) is 5.56. The highest BCUT2D eigenvalue weighted by molar-refractivity contribution is 7.11. The molecule has 2 aromatic rings. The summed E-state index contributed by atoms with van der Waals surface area (Å²) in [7, 11) is 0. The number of anilines is 1. The van der Waals surface area contributed by atoms with Gasteiger partial charge in [0.15, 0.2) is 5.79 Å². The highest BCUT2D eigenvalue weighted by atomic mass is 35.5. The third-order valence-electron chi connectivity index (χ3n) is 4.84. The van der Waals surface area contributed by atoms with Crippen LogP contribution in [-0.4, -0.2) is 23.0 Å². The molecule has 1 aliphatic heterocycles. The van der Waals surface area contributed by atoms with Crippen LogP contribution in [0.3, 0.4) is 0 Å². The van der Waals surface area contributed by atoms with Crippen molar-refractivity contribution in [3.8, 4) is 0 Å². The molecule has 2 atom stereocenters. The Hall–Kier alpha value is -1.95. The van der Waals surface area contributed by atoms with Crippen molar-refractivity contribution in [2.24, 2.45) is 0 Å². The Kier molecular flexibility index (Phi) is 7.28. The number of ether oxygens (including phenoxy) is 2. The maximum absolute atomic E-state index is 12.3. The maximum atomic E-state index is 12.3. The van der Waals surface area contributed by atoms with Gasteiger partial charge in [0.2, 0.25) is 5.91 Å². The smallest absolute Gasteiger partial charge is 0.229 e. The van der Waals surface area contributed by atoms with Crippen LogP contribution in [0, 0.1) is 6.92 Å². The van der Waals surface area contributed by atoms with Gasteiger partial charge < -0.3 is 14.8 Å². The number of benzene rings is 1. The summed E-state index contributed by atoms with van der Waals surface area (Å²) in [6, 6.07) is 7.76. The van der Waals surface area contributed by atoms with Crippen molar-refractivity contribution in [3.05, 3.63) is 64.5 Å². The van der Waals surface area contributed by atoms with Crippen LogP contribution >= 0.6 is 23.1 Å². The number of halogens is 1. The van der Waals surface area contributed by atoms with Crippen LogP contribution < -0.4 is 5.32 Å². The number of allylic oxidation sites excluding steroid dienone is 1. The van der Waals surface area contributed by atoms with Crippen molar-refractivity contribution >= 4 is 34.0 Å². The molecule has 1 aromatic heterocycles. The number of hydrogen-bond donors (Lipinski definition) is 1. The molecule has 1 amide bonds.